The molecule has 3 aromatic rings. The smallest absolute Gasteiger partial charge is 0.410 e. The molecule has 2 aromatic heterocycles. The average molecular weight is 519 g/mol. The van der Waals surface area contributed by atoms with Gasteiger partial charge in [0.1, 0.15) is 16.3 Å². The van der Waals surface area contributed by atoms with Gasteiger partial charge in [0.15, 0.2) is 15.7 Å². The molecule has 0 N–H and O–H groups in total. The predicted octanol–water partition coefficient (Wildman–Crippen LogP) is 4.43. The number of fused-ring (bicyclic) bond motifs is 1. The highest BCUT2D eigenvalue weighted by molar-refractivity contribution is 7.90. The number of benzene rings is 1. The van der Waals surface area contributed by atoms with Crippen molar-refractivity contribution in [2.24, 2.45) is 5.92 Å². The van der Waals surface area contributed by atoms with Crippen molar-refractivity contribution in [2.75, 3.05) is 19.3 Å². The first-order valence-corrected chi connectivity index (χ1v) is 13.3. The molecule has 0 spiro atoms. The van der Waals surface area contributed by atoms with Gasteiger partial charge in [0, 0.05) is 36.8 Å². The minimum atomic E-state index is -4.06. The monoisotopic (exact) mass is 518 g/mol. The predicted molar refractivity (Wildman–Crippen MR) is 131 cm³/mol. The third-order valence-electron chi connectivity index (χ3n) is 5.84. The lowest BCUT2D eigenvalue weighted by Crippen LogP contribution is -2.41. The van der Waals surface area contributed by atoms with Gasteiger partial charge in [-0.05, 0) is 38.5 Å². The summed E-state index contributed by atoms with van der Waals surface area (Å²) in [7, 11) is -4.06. The van der Waals surface area contributed by atoms with Crippen LogP contribution in [0, 0.1) is 17.6 Å². The summed E-state index contributed by atoms with van der Waals surface area (Å²) in [5.74, 6) is -2.22. The summed E-state index contributed by atoms with van der Waals surface area (Å²) in [6.45, 7) is 8.56. The van der Waals surface area contributed by atoms with Gasteiger partial charge in [0.05, 0.1) is 35.8 Å². The molecular formula is C25H28F2N4O4S. The topological polar surface area (TPSA) is 94.4 Å². The molecule has 0 radical (unpaired) electrons. The van der Waals surface area contributed by atoms with E-state index in [1.807, 2.05) is 33.8 Å². The first-order chi connectivity index (χ1) is 16.7. The number of amides is 1. The molecule has 4 rings (SSSR count). The Morgan fingerprint density at radius 3 is 2.53 bits per heavy atom. The van der Waals surface area contributed by atoms with Gasteiger partial charge < -0.3 is 14.2 Å². The Morgan fingerprint density at radius 2 is 1.94 bits per heavy atom. The number of hydrogen-bond donors (Lipinski definition) is 0. The van der Waals surface area contributed by atoms with Crippen molar-refractivity contribution < 1.29 is 26.7 Å². The lowest BCUT2D eigenvalue weighted by molar-refractivity contribution is 0.0251. The summed E-state index contributed by atoms with van der Waals surface area (Å²) in [5.41, 5.74) is 1.86. The first kappa shape index (κ1) is 25.7. The zero-order chi connectivity index (χ0) is 26.4. The SMILES string of the molecule is CC1CN(C(=O)OC(C)(C)C)CC=C1c1cnc(Cn2ccc3c(F)c(S(C)(=O)=O)c(F)cc32)cn1. The van der Waals surface area contributed by atoms with Gasteiger partial charge >= 0.3 is 6.09 Å². The molecule has 1 amide bonds. The maximum atomic E-state index is 14.7. The van der Waals surface area contributed by atoms with Gasteiger partial charge in [-0.1, -0.05) is 13.0 Å². The van der Waals surface area contributed by atoms with Crippen LogP contribution in [0.3, 0.4) is 0 Å². The average Bonchev–Trinajstić information content (AvgIpc) is 3.15. The minimum absolute atomic E-state index is 0.0112. The lowest BCUT2D eigenvalue weighted by Gasteiger charge is -2.32. The molecule has 0 aliphatic carbocycles. The van der Waals surface area contributed by atoms with Crippen molar-refractivity contribution >= 4 is 32.4 Å². The van der Waals surface area contributed by atoms with E-state index in [4.69, 9.17) is 4.74 Å². The fourth-order valence-electron chi connectivity index (χ4n) is 4.23. The summed E-state index contributed by atoms with van der Waals surface area (Å²) in [4.78, 5) is 22.1. The second-order valence-electron chi connectivity index (χ2n) is 9.99. The molecule has 192 valence electrons. The Morgan fingerprint density at radius 1 is 1.22 bits per heavy atom. The molecule has 1 aliphatic heterocycles. The maximum absolute atomic E-state index is 14.7. The van der Waals surface area contributed by atoms with Crippen LogP contribution in [0.4, 0.5) is 13.6 Å². The van der Waals surface area contributed by atoms with Crippen LogP contribution < -0.4 is 0 Å². The van der Waals surface area contributed by atoms with E-state index in [0.29, 0.717) is 24.5 Å². The standard InChI is InChI=1S/C25H28F2N4O4S/c1-15-13-31(24(32)35-25(2,3)4)9-6-17(15)20-12-28-16(11-29-20)14-30-8-7-18-21(30)10-19(26)23(22(18)27)36(5,33)34/h6-8,10-12,15H,9,13-14H2,1-5H3. The molecule has 0 bridgehead atoms. The molecule has 0 saturated carbocycles. The number of hydrogen-bond acceptors (Lipinski definition) is 6. The molecule has 36 heavy (non-hydrogen) atoms. The Labute approximate surface area is 208 Å². The Bertz CT molecular complexity index is 1460. The maximum Gasteiger partial charge on any atom is 0.410 e. The van der Waals surface area contributed by atoms with E-state index < -0.39 is 32.0 Å². The van der Waals surface area contributed by atoms with E-state index in [9.17, 15) is 22.0 Å². The second kappa shape index (κ2) is 9.27. The summed E-state index contributed by atoms with van der Waals surface area (Å²) < 4.78 is 59.7. The summed E-state index contributed by atoms with van der Waals surface area (Å²) in [5, 5.41) is 0.0112. The van der Waals surface area contributed by atoms with Gasteiger partial charge in [-0.15, -0.1) is 0 Å². The van der Waals surface area contributed by atoms with E-state index in [-0.39, 0.29) is 29.5 Å². The number of aromatic nitrogens is 3. The number of ether oxygens (including phenoxy) is 1. The fourth-order valence-corrected chi connectivity index (χ4v) is 5.08. The van der Waals surface area contributed by atoms with Crippen LogP contribution in [0.5, 0.6) is 0 Å². The molecule has 1 aliphatic rings. The second-order valence-corrected chi connectivity index (χ2v) is 11.9. The Kier molecular flexibility index (Phi) is 6.63. The number of nitrogens with zero attached hydrogens (tertiary/aromatic N) is 4. The zero-order valence-electron chi connectivity index (χ0n) is 20.7. The highest BCUT2D eigenvalue weighted by atomic mass is 32.2. The third-order valence-corrected chi connectivity index (χ3v) is 6.95. The normalized spacial score (nSPS) is 16.8. The van der Waals surface area contributed by atoms with Gasteiger partial charge in [-0.2, -0.15) is 0 Å². The van der Waals surface area contributed by atoms with Crippen LogP contribution >= 0.6 is 0 Å². The Hall–Kier alpha value is -3.34. The van der Waals surface area contributed by atoms with E-state index >= 15 is 0 Å². The van der Waals surface area contributed by atoms with Crippen molar-refractivity contribution in [3.8, 4) is 0 Å². The van der Waals surface area contributed by atoms with Gasteiger partial charge in [0.25, 0.3) is 0 Å². The van der Waals surface area contributed by atoms with Crippen LogP contribution in [0.2, 0.25) is 0 Å². The van der Waals surface area contributed by atoms with Gasteiger partial charge in [-0.3, -0.25) is 9.97 Å². The summed E-state index contributed by atoms with van der Waals surface area (Å²) >= 11 is 0. The molecule has 0 saturated heterocycles. The fraction of sp³-hybridized carbons (Fsp3) is 0.400. The van der Waals surface area contributed by atoms with Gasteiger partial charge in [-0.25, -0.2) is 22.0 Å². The highest BCUT2D eigenvalue weighted by Gasteiger charge is 2.28. The number of carbonyl (C=O) groups excluding carboxylic acids is 1. The molecular weight excluding hydrogens is 490 g/mol. The minimum Gasteiger partial charge on any atom is -0.444 e. The van der Waals surface area contributed by atoms with Crippen molar-refractivity contribution in [2.45, 2.75) is 44.7 Å². The first-order valence-electron chi connectivity index (χ1n) is 11.4. The number of rotatable bonds is 4. The molecule has 8 nitrogen and oxygen atoms in total. The number of sulfone groups is 1. The van der Waals surface area contributed by atoms with Crippen LogP contribution in [-0.2, 0) is 21.1 Å². The highest BCUT2D eigenvalue weighted by Crippen LogP contribution is 2.29. The van der Waals surface area contributed by atoms with Crippen molar-refractivity contribution in [3.63, 3.8) is 0 Å². The summed E-state index contributed by atoms with van der Waals surface area (Å²) in [6.07, 6.45) is 7.12. The number of carbonyl (C=O) groups is 1. The van der Waals surface area contributed by atoms with Crippen molar-refractivity contribution in [3.05, 3.63) is 59.8 Å². The van der Waals surface area contributed by atoms with Crippen molar-refractivity contribution in [1.29, 1.82) is 0 Å². The van der Waals surface area contributed by atoms with Crippen LogP contribution in [0.1, 0.15) is 39.1 Å². The van der Waals surface area contributed by atoms with Gasteiger partial charge in [0.2, 0.25) is 0 Å². The zero-order valence-corrected chi connectivity index (χ0v) is 21.6. The van der Waals surface area contributed by atoms with Crippen LogP contribution in [0.15, 0.2) is 41.7 Å². The quantitative estimate of drug-likeness (QED) is 0.507. The van der Waals surface area contributed by atoms with Crippen LogP contribution in [-0.4, -0.2) is 58.9 Å². The summed E-state index contributed by atoms with van der Waals surface area (Å²) in [6, 6.07) is 2.42. The van der Waals surface area contributed by atoms with E-state index in [0.717, 1.165) is 17.9 Å². The molecule has 1 aromatic carbocycles. The molecule has 1 unspecified atom stereocenters. The molecule has 11 heteroatoms. The molecule has 1 atom stereocenters. The van der Waals surface area contributed by atoms with Crippen LogP contribution in [0.25, 0.3) is 16.5 Å². The van der Waals surface area contributed by atoms with E-state index in [1.54, 1.807) is 28.1 Å². The number of halogens is 2. The largest absolute Gasteiger partial charge is 0.444 e. The molecule has 3 heterocycles. The molecule has 0 fully saturated rings. The lowest BCUT2D eigenvalue weighted by atomic mass is 9.94. The van der Waals surface area contributed by atoms with E-state index in [1.165, 1.54) is 6.07 Å². The van der Waals surface area contributed by atoms with E-state index in [2.05, 4.69) is 9.97 Å². The Balaban J connectivity index is 1.52. The van der Waals surface area contributed by atoms with Crippen molar-refractivity contribution in [1.82, 2.24) is 19.4 Å². The third kappa shape index (κ3) is 5.25.